The van der Waals surface area contributed by atoms with E-state index in [-0.39, 0.29) is 6.61 Å². The number of rotatable bonds is 6. The van der Waals surface area contributed by atoms with E-state index in [0.29, 0.717) is 6.42 Å². The van der Waals surface area contributed by atoms with Gasteiger partial charge in [0.2, 0.25) is 0 Å². The summed E-state index contributed by atoms with van der Waals surface area (Å²) in [5, 5.41) is 5.35. The summed E-state index contributed by atoms with van der Waals surface area (Å²) in [5.74, 6) is -0.408. The fraction of sp³-hybridized carbons (Fsp3) is 0.222. The highest BCUT2D eigenvalue weighted by Gasteiger charge is 2.19. The van der Waals surface area contributed by atoms with Crippen molar-refractivity contribution in [2.75, 3.05) is 5.32 Å². The van der Waals surface area contributed by atoms with Gasteiger partial charge in [-0.05, 0) is 24.1 Å². The number of carbonyl (C=O) groups excluding carboxylic acids is 2. The molecular weight excluding hydrogens is 292 g/mol. The van der Waals surface area contributed by atoms with Crippen LogP contribution in [-0.2, 0) is 16.1 Å². The Kier molecular flexibility index (Phi) is 6.17. The molecule has 0 bridgehead atoms. The molecule has 0 aliphatic carbocycles. The molecule has 2 aromatic carbocycles. The van der Waals surface area contributed by atoms with Gasteiger partial charge in [-0.3, -0.25) is 10.1 Å². The van der Waals surface area contributed by atoms with E-state index in [2.05, 4.69) is 10.6 Å². The third-order valence-electron chi connectivity index (χ3n) is 3.28. The number of hydrogen-bond acceptors (Lipinski definition) is 4. The molecule has 5 nitrogen and oxygen atoms in total. The van der Waals surface area contributed by atoms with E-state index in [0.717, 1.165) is 11.3 Å². The highest BCUT2D eigenvalue weighted by Crippen LogP contribution is 2.09. The number of amides is 2. The zero-order chi connectivity index (χ0) is 16.5. The Bertz CT molecular complexity index is 629. The van der Waals surface area contributed by atoms with Crippen LogP contribution >= 0.6 is 0 Å². The standard InChI is InChI=1S/C18H20N2O3/c1-2-16(19-15-11-7-4-8-12-15)17(21)20-18(22)23-13-14-9-5-3-6-10-14/h3-12,16,19H,2,13H2,1H3,(H,20,21,22). The van der Waals surface area contributed by atoms with E-state index in [4.69, 9.17) is 4.74 Å². The van der Waals surface area contributed by atoms with Crippen LogP contribution in [-0.4, -0.2) is 18.0 Å². The Hall–Kier alpha value is -2.82. The zero-order valence-electron chi connectivity index (χ0n) is 13.0. The van der Waals surface area contributed by atoms with E-state index < -0.39 is 18.0 Å². The minimum atomic E-state index is -0.743. The van der Waals surface area contributed by atoms with Crippen LogP contribution in [0.3, 0.4) is 0 Å². The van der Waals surface area contributed by atoms with Gasteiger partial charge in [-0.1, -0.05) is 55.5 Å². The van der Waals surface area contributed by atoms with Crippen LogP contribution < -0.4 is 10.6 Å². The first-order chi connectivity index (χ1) is 11.2. The fourth-order valence-corrected chi connectivity index (χ4v) is 2.04. The number of imide groups is 1. The lowest BCUT2D eigenvalue weighted by Crippen LogP contribution is -2.42. The molecule has 0 spiro atoms. The van der Waals surface area contributed by atoms with Gasteiger partial charge in [0.05, 0.1) is 0 Å². The van der Waals surface area contributed by atoms with Gasteiger partial charge in [0, 0.05) is 5.69 Å². The maximum atomic E-state index is 12.1. The normalized spacial score (nSPS) is 11.3. The Morgan fingerprint density at radius 3 is 2.22 bits per heavy atom. The van der Waals surface area contributed by atoms with Gasteiger partial charge in [-0.2, -0.15) is 0 Å². The van der Waals surface area contributed by atoms with Crippen molar-refractivity contribution in [3.63, 3.8) is 0 Å². The Morgan fingerprint density at radius 2 is 1.61 bits per heavy atom. The molecule has 0 fully saturated rings. The summed E-state index contributed by atoms with van der Waals surface area (Å²) in [5.41, 5.74) is 1.69. The zero-order valence-corrected chi connectivity index (χ0v) is 13.0. The van der Waals surface area contributed by atoms with Crippen molar-refractivity contribution in [1.82, 2.24) is 5.32 Å². The van der Waals surface area contributed by atoms with Crippen molar-refractivity contribution in [1.29, 1.82) is 0 Å². The summed E-state index contributed by atoms with van der Waals surface area (Å²) in [6.07, 6.45) is -0.195. The van der Waals surface area contributed by atoms with E-state index >= 15 is 0 Å². The van der Waals surface area contributed by atoms with Crippen LogP contribution in [0, 0.1) is 0 Å². The van der Waals surface area contributed by atoms with E-state index in [9.17, 15) is 9.59 Å². The smallest absolute Gasteiger partial charge is 0.414 e. The number of para-hydroxylation sites is 1. The first-order valence-electron chi connectivity index (χ1n) is 7.52. The van der Waals surface area contributed by atoms with Crippen LogP contribution in [0.4, 0.5) is 10.5 Å². The van der Waals surface area contributed by atoms with Gasteiger partial charge in [-0.25, -0.2) is 4.79 Å². The highest BCUT2D eigenvalue weighted by atomic mass is 16.5. The lowest BCUT2D eigenvalue weighted by molar-refractivity contribution is -0.121. The van der Waals surface area contributed by atoms with Crippen molar-refractivity contribution in [2.45, 2.75) is 26.0 Å². The van der Waals surface area contributed by atoms with Crippen LogP contribution in [0.1, 0.15) is 18.9 Å². The molecule has 120 valence electrons. The SMILES string of the molecule is CCC(Nc1ccccc1)C(=O)NC(=O)OCc1ccccc1. The molecule has 0 saturated heterocycles. The molecule has 0 aromatic heterocycles. The number of benzene rings is 2. The van der Waals surface area contributed by atoms with Crippen molar-refractivity contribution in [3.8, 4) is 0 Å². The molecule has 1 atom stereocenters. The summed E-state index contributed by atoms with van der Waals surface area (Å²) in [6, 6.07) is 18.2. The quantitative estimate of drug-likeness (QED) is 0.858. The molecule has 2 N–H and O–H groups in total. The largest absolute Gasteiger partial charge is 0.444 e. The third-order valence-corrected chi connectivity index (χ3v) is 3.28. The molecule has 0 aliphatic heterocycles. The summed E-state index contributed by atoms with van der Waals surface area (Å²) in [4.78, 5) is 23.8. The van der Waals surface area contributed by atoms with Crippen molar-refractivity contribution in [2.24, 2.45) is 0 Å². The average Bonchev–Trinajstić information content (AvgIpc) is 2.59. The second-order valence-corrected chi connectivity index (χ2v) is 5.02. The van der Waals surface area contributed by atoms with Gasteiger partial charge in [-0.15, -0.1) is 0 Å². The first kappa shape index (κ1) is 16.5. The van der Waals surface area contributed by atoms with E-state index in [1.165, 1.54) is 0 Å². The van der Waals surface area contributed by atoms with Crippen LogP contribution in [0.15, 0.2) is 60.7 Å². The lowest BCUT2D eigenvalue weighted by Gasteiger charge is -2.17. The predicted molar refractivity (Wildman–Crippen MR) is 88.9 cm³/mol. The summed E-state index contributed by atoms with van der Waals surface area (Å²) in [7, 11) is 0. The highest BCUT2D eigenvalue weighted by molar-refractivity contribution is 5.96. The number of ether oxygens (including phenoxy) is 1. The average molecular weight is 312 g/mol. The number of hydrogen-bond donors (Lipinski definition) is 2. The van der Waals surface area contributed by atoms with Gasteiger partial charge in [0.25, 0.3) is 5.91 Å². The molecule has 5 heteroatoms. The third kappa shape index (κ3) is 5.47. The molecule has 0 heterocycles. The summed E-state index contributed by atoms with van der Waals surface area (Å²) >= 11 is 0. The Balaban J connectivity index is 1.82. The molecule has 23 heavy (non-hydrogen) atoms. The van der Waals surface area contributed by atoms with Crippen molar-refractivity contribution in [3.05, 3.63) is 66.2 Å². The maximum absolute atomic E-state index is 12.1. The second-order valence-electron chi connectivity index (χ2n) is 5.02. The topological polar surface area (TPSA) is 67.4 Å². The van der Waals surface area contributed by atoms with Gasteiger partial charge in [0.15, 0.2) is 0 Å². The molecular formula is C18H20N2O3. The van der Waals surface area contributed by atoms with Gasteiger partial charge < -0.3 is 10.1 Å². The van der Waals surface area contributed by atoms with Crippen LogP contribution in [0.5, 0.6) is 0 Å². The predicted octanol–water partition coefficient (Wildman–Crippen LogP) is 3.33. The molecule has 0 radical (unpaired) electrons. The Labute approximate surface area is 135 Å². The minimum absolute atomic E-state index is 0.128. The van der Waals surface area contributed by atoms with Crippen LogP contribution in [0.2, 0.25) is 0 Å². The van der Waals surface area contributed by atoms with E-state index in [1.807, 2.05) is 67.6 Å². The molecule has 1 unspecified atom stereocenters. The minimum Gasteiger partial charge on any atom is -0.444 e. The first-order valence-corrected chi connectivity index (χ1v) is 7.52. The van der Waals surface area contributed by atoms with Crippen molar-refractivity contribution >= 4 is 17.7 Å². The summed E-state index contributed by atoms with van der Waals surface area (Å²) in [6.45, 7) is 2.00. The van der Waals surface area contributed by atoms with Crippen LogP contribution in [0.25, 0.3) is 0 Å². The van der Waals surface area contributed by atoms with Crippen molar-refractivity contribution < 1.29 is 14.3 Å². The molecule has 2 amide bonds. The number of carbonyl (C=O) groups is 2. The second kappa shape index (κ2) is 8.58. The Morgan fingerprint density at radius 1 is 1.00 bits per heavy atom. The molecule has 2 rings (SSSR count). The molecule has 2 aromatic rings. The van der Waals surface area contributed by atoms with Gasteiger partial charge in [0.1, 0.15) is 12.6 Å². The van der Waals surface area contributed by atoms with Gasteiger partial charge >= 0.3 is 6.09 Å². The molecule has 0 aliphatic rings. The monoisotopic (exact) mass is 312 g/mol. The number of nitrogens with one attached hydrogen (secondary N) is 2. The molecule has 0 saturated carbocycles. The number of alkyl carbamates (subject to hydrolysis) is 1. The number of anilines is 1. The summed E-state index contributed by atoms with van der Waals surface area (Å²) < 4.78 is 5.04. The fourth-order valence-electron chi connectivity index (χ4n) is 2.04. The lowest BCUT2D eigenvalue weighted by atomic mass is 10.2. The van der Waals surface area contributed by atoms with E-state index in [1.54, 1.807) is 0 Å². The maximum Gasteiger partial charge on any atom is 0.414 e.